The number of amides is 2. The molecule has 1 aliphatic carbocycles. The van der Waals surface area contributed by atoms with Gasteiger partial charge in [-0.25, -0.2) is 0 Å². The Kier molecular flexibility index (Phi) is 5.53. The van der Waals surface area contributed by atoms with E-state index in [0.29, 0.717) is 13.1 Å². The molecule has 0 aromatic carbocycles. The molecule has 6 nitrogen and oxygen atoms in total. The minimum atomic E-state index is -0.485. The number of aliphatic hydroxyl groups is 1. The van der Waals surface area contributed by atoms with Gasteiger partial charge in [-0.05, 0) is 24.3 Å². The largest absolute Gasteiger partial charge is 0.394 e. The highest BCUT2D eigenvalue weighted by atomic mass is 32.1. The van der Waals surface area contributed by atoms with E-state index in [1.165, 1.54) is 4.88 Å². The van der Waals surface area contributed by atoms with Crippen molar-refractivity contribution in [3.63, 3.8) is 0 Å². The predicted molar refractivity (Wildman–Crippen MR) is 92.6 cm³/mol. The summed E-state index contributed by atoms with van der Waals surface area (Å²) in [5.74, 6) is -0.235. The van der Waals surface area contributed by atoms with Gasteiger partial charge in [-0.2, -0.15) is 0 Å². The first kappa shape index (κ1) is 17.4. The molecule has 0 spiro atoms. The summed E-state index contributed by atoms with van der Waals surface area (Å²) in [6.45, 7) is 2.01. The van der Waals surface area contributed by atoms with Crippen LogP contribution in [0, 0.1) is 0 Å². The van der Waals surface area contributed by atoms with Gasteiger partial charge in [-0.1, -0.05) is 18.9 Å². The molecule has 3 N–H and O–H groups in total. The number of hydrogen-bond donors (Lipinski definition) is 3. The van der Waals surface area contributed by atoms with Crippen molar-refractivity contribution < 1.29 is 14.7 Å². The van der Waals surface area contributed by atoms with Crippen LogP contribution in [0.5, 0.6) is 0 Å². The quantitative estimate of drug-likeness (QED) is 0.710. The SMILES string of the molecule is O=C(C[C@@H]1C(=O)NCCN1Cc1cccs1)NC1(CO)CCCC1. The number of piperazine rings is 1. The van der Waals surface area contributed by atoms with E-state index >= 15 is 0 Å². The van der Waals surface area contributed by atoms with Crippen molar-refractivity contribution in [3.8, 4) is 0 Å². The predicted octanol–water partition coefficient (Wildman–Crippen LogP) is 0.860. The number of rotatable bonds is 6. The van der Waals surface area contributed by atoms with Crippen molar-refractivity contribution in [2.75, 3.05) is 19.7 Å². The van der Waals surface area contributed by atoms with Crippen molar-refractivity contribution in [2.24, 2.45) is 0 Å². The van der Waals surface area contributed by atoms with E-state index in [0.717, 1.165) is 32.2 Å². The molecule has 0 radical (unpaired) electrons. The molecule has 1 aromatic rings. The van der Waals surface area contributed by atoms with Gasteiger partial charge in [0.15, 0.2) is 0 Å². The molecule has 3 rings (SSSR count). The van der Waals surface area contributed by atoms with E-state index in [-0.39, 0.29) is 24.8 Å². The Morgan fingerprint density at radius 2 is 2.25 bits per heavy atom. The van der Waals surface area contributed by atoms with Crippen molar-refractivity contribution in [1.82, 2.24) is 15.5 Å². The fourth-order valence-corrected chi connectivity index (χ4v) is 4.40. The van der Waals surface area contributed by atoms with Gasteiger partial charge >= 0.3 is 0 Å². The maximum atomic E-state index is 12.5. The summed E-state index contributed by atoms with van der Waals surface area (Å²) in [5.41, 5.74) is -0.485. The number of carbonyl (C=O) groups excluding carboxylic acids is 2. The minimum Gasteiger partial charge on any atom is -0.394 e. The van der Waals surface area contributed by atoms with Crippen molar-refractivity contribution in [2.45, 2.75) is 50.2 Å². The van der Waals surface area contributed by atoms with E-state index in [9.17, 15) is 14.7 Å². The summed E-state index contributed by atoms with van der Waals surface area (Å²) < 4.78 is 0. The Bertz CT molecular complexity index is 570. The van der Waals surface area contributed by atoms with Gasteiger partial charge < -0.3 is 15.7 Å². The highest BCUT2D eigenvalue weighted by molar-refractivity contribution is 7.09. The molecule has 7 heteroatoms. The minimum absolute atomic E-state index is 0.0332. The van der Waals surface area contributed by atoms with Crippen LogP contribution in [0.15, 0.2) is 17.5 Å². The molecule has 2 heterocycles. The van der Waals surface area contributed by atoms with Gasteiger partial charge in [-0.3, -0.25) is 14.5 Å². The number of hydrogen-bond acceptors (Lipinski definition) is 5. The molecule has 2 aliphatic rings. The maximum Gasteiger partial charge on any atom is 0.237 e. The molecule has 0 unspecified atom stereocenters. The summed E-state index contributed by atoms with van der Waals surface area (Å²) in [7, 11) is 0. The van der Waals surface area contributed by atoms with E-state index < -0.39 is 11.6 Å². The van der Waals surface area contributed by atoms with Crippen LogP contribution >= 0.6 is 11.3 Å². The Hall–Kier alpha value is -1.44. The van der Waals surface area contributed by atoms with Crippen molar-refractivity contribution in [1.29, 1.82) is 0 Å². The number of nitrogens with zero attached hydrogens (tertiary/aromatic N) is 1. The highest BCUT2D eigenvalue weighted by Gasteiger charge is 2.37. The molecule has 1 saturated heterocycles. The van der Waals surface area contributed by atoms with Gasteiger partial charge in [0.1, 0.15) is 0 Å². The molecule has 2 fully saturated rings. The molecular formula is C17H25N3O3S. The first-order valence-corrected chi connectivity index (χ1v) is 9.46. The molecule has 132 valence electrons. The number of aliphatic hydroxyl groups excluding tert-OH is 1. The molecule has 1 aliphatic heterocycles. The van der Waals surface area contributed by atoms with E-state index in [1.54, 1.807) is 11.3 Å². The second-order valence-corrected chi connectivity index (χ2v) is 7.79. The lowest BCUT2D eigenvalue weighted by molar-refractivity contribution is -0.135. The summed E-state index contributed by atoms with van der Waals surface area (Å²) in [5, 5.41) is 17.5. The van der Waals surface area contributed by atoms with Gasteiger partial charge in [0.05, 0.1) is 24.6 Å². The summed E-state index contributed by atoms with van der Waals surface area (Å²) >= 11 is 1.66. The van der Waals surface area contributed by atoms with Crippen LogP contribution in [-0.4, -0.2) is 53.1 Å². The zero-order valence-electron chi connectivity index (χ0n) is 13.8. The Balaban J connectivity index is 1.63. The van der Waals surface area contributed by atoms with Gasteiger partial charge in [-0.15, -0.1) is 11.3 Å². The summed E-state index contributed by atoms with van der Waals surface area (Å²) in [6.07, 6.45) is 3.81. The summed E-state index contributed by atoms with van der Waals surface area (Å²) in [6, 6.07) is 3.60. The lowest BCUT2D eigenvalue weighted by Crippen LogP contribution is -2.57. The fourth-order valence-electron chi connectivity index (χ4n) is 3.67. The second kappa shape index (κ2) is 7.63. The molecule has 0 bridgehead atoms. The Morgan fingerprint density at radius 1 is 1.46 bits per heavy atom. The first-order chi connectivity index (χ1) is 11.6. The highest BCUT2D eigenvalue weighted by Crippen LogP contribution is 2.29. The van der Waals surface area contributed by atoms with Gasteiger partial charge in [0.2, 0.25) is 11.8 Å². The van der Waals surface area contributed by atoms with Crippen molar-refractivity contribution >= 4 is 23.2 Å². The van der Waals surface area contributed by atoms with Crippen LogP contribution in [0.3, 0.4) is 0 Å². The molecule has 1 saturated carbocycles. The average molecular weight is 351 g/mol. The van der Waals surface area contributed by atoms with Gasteiger partial charge in [0.25, 0.3) is 0 Å². The lowest BCUT2D eigenvalue weighted by Gasteiger charge is -2.35. The van der Waals surface area contributed by atoms with Crippen molar-refractivity contribution in [3.05, 3.63) is 22.4 Å². The first-order valence-electron chi connectivity index (χ1n) is 8.58. The number of nitrogens with one attached hydrogen (secondary N) is 2. The fraction of sp³-hybridized carbons (Fsp3) is 0.647. The van der Waals surface area contributed by atoms with E-state index in [2.05, 4.69) is 15.5 Å². The van der Waals surface area contributed by atoms with E-state index in [4.69, 9.17) is 0 Å². The second-order valence-electron chi connectivity index (χ2n) is 6.75. The van der Waals surface area contributed by atoms with Crippen LogP contribution in [-0.2, 0) is 16.1 Å². The van der Waals surface area contributed by atoms with Crippen LogP contribution < -0.4 is 10.6 Å². The van der Waals surface area contributed by atoms with Crippen LogP contribution in [0.1, 0.15) is 37.0 Å². The third-order valence-corrected chi connectivity index (χ3v) is 5.89. The smallest absolute Gasteiger partial charge is 0.237 e. The summed E-state index contributed by atoms with van der Waals surface area (Å²) in [4.78, 5) is 28.0. The third kappa shape index (κ3) is 3.96. The zero-order valence-corrected chi connectivity index (χ0v) is 14.6. The van der Waals surface area contributed by atoms with Gasteiger partial charge in [0, 0.05) is 24.5 Å². The maximum absolute atomic E-state index is 12.5. The van der Waals surface area contributed by atoms with Crippen LogP contribution in [0.25, 0.3) is 0 Å². The van der Waals surface area contributed by atoms with Crippen LogP contribution in [0.4, 0.5) is 0 Å². The molecule has 1 atom stereocenters. The topological polar surface area (TPSA) is 81.7 Å². The monoisotopic (exact) mass is 351 g/mol. The molecule has 1 aromatic heterocycles. The van der Waals surface area contributed by atoms with E-state index in [1.807, 2.05) is 17.5 Å². The normalized spacial score (nSPS) is 23.9. The Morgan fingerprint density at radius 3 is 2.92 bits per heavy atom. The number of thiophene rings is 1. The molecular weight excluding hydrogens is 326 g/mol. The average Bonchev–Trinajstić information content (AvgIpc) is 3.23. The third-order valence-electron chi connectivity index (χ3n) is 5.03. The molecule has 24 heavy (non-hydrogen) atoms. The standard InChI is InChI=1S/C17H25N3O3S/c21-12-17(5-1-2-6-17)19-15(22)10-14-16(23)18-7-8-20(14)11-13-4-3-9-24-13/h3-4,9,14,21H,1-2,5-8,10-12H2,(H,18,23)(H,19,22)/t14-/m1/s1. The lowest BCUT2D eigenvalue weighted by atomic mass is 9.98. The number of carbonyl (C=O) groups is 2. The molecule has 2 amide bonds. The van der Waals surface area contributed by atoms with Crippen LogP contribution in [0.2, 0.25) is 0 Å². The Labute approximate surface area is 146 Å². The zero-order chi connectivity index (χ0) is 17.0.